The molecule has 1 aliphatic heterocycles. The first-order valence-electron chi connectivity index (χ1n) is 4.52. The summed E-state index contributed by atoms with van der Waals surface area (Å²) in [6.07, 6.45) is 0.411. The number of carbonyl (C=O) groups excluding carboxylic acids is 1. The topological polar surface area (TPSA) is 64.3 Å². The number of rotatable bonds is 2. The van der Waals surface area contributed by atoms with Crippen LogP contribution in [0.3, 0.4) is 0 Å². The van der Waals surface area contributed by atoms with Crippen molar-refractivity contribution in [1.29, 1.82) is 0 Å². The lowest BCUT2D eigenvalue weighted by Gasteiger charge is -2.12. The van der Waals surface area contributed by atoms with Crippen LogP contribution in [-0.4, -0.2) is 18.6 Å². The lowest BCUT2D eigenvalue weighted by molar-refractivity contribution is -0.137. The molecule has 0 aliphatic carbocycles. The molecule has 1 fully saturated rings. The molecular formula is C10H12N2O2. The van der Waals surface area contributed by atoms with Crippen molar-refractivity contribution in [2.24, 2.45) is 0 Å². The molecule has 0 amide bonds. The van der Waals surface area contributed by atoms with E-state index in [0.717, 1.165) is 5.69 Å². The van der Waals surface area contributed by atoms with Crippen molar-refractivity contribution in [3.63, 3.8) is 0 Å². The number of para-hydroxylation sites is 2. The van der Waals surface area contributed by atoms with Gasteiger partial charge < -0.3 is 15.8 Å². The summed E-state index contributed by atoms with van der Waals surface area (Å²) in [4.78, 5) is 10.8. The van der Waals surface area contributed by atoms with Gasteiger partial charge in [0.15, 0.2) is 0 Å². The zero-order chi connectivity index (χ0) is 9.97. The maximum Gasteiger partial charge on any atom is 0.308 e. The molecule has 0 radical (unpaired) electrons. The van der Waals surface area contributed by atoms with E-state index in [9.17, 15) is 4.79 Å². The number of anilines is 2. The summed E-state index contributed by atoms with van der Waals surface area (Å²) in [7, 11) is 0. The summed E-state index contributed by atoms with van der Waals surface area (Å²) in [6, 6.07) is 7.53. The van der Waals surface area contributed by atoms with Crippen molar-refractivity contribution in [2.45, 2.75) is 12.5 Å². The molecule has 1 aliphatic rings. The quantitative estimate of drug-likeness (QED) is 0.542. The predicted octanol–water partition coefficient (Wildman–Crippen LogP) is 0.996. The molecule has 2 rings (SSSR count). The van der Waals surface area contributed by atoms with Gasteiger partial charge in [0.25, 0.3) is 0 Å². The van der Waals surface area contributed by atoms with Crippen LogP contribution in [0.25, 0.3) is 0 Å². The van der Waals surface area contributed by atoms with E-state index in [1.165, 1.54) is 0 Å². The van der Waals surface area contributed by atoms with Gasteiger partial charge in [0.1, 0.15) is 6.61 Å². The van der Waals surface area contributed by atoms with Gasteiger partial charge in [0.05, 0.1) is 23.8 Å². The van der Waals surface area contributed by atoms with Crippen molar-refractivity contribution in [2.75, 3.05) is 17.7 Å². The molecule has 1 saturated heterocycles. The lowest BCUT2D eigenvalue weighted by Crippen LogP contribution is -2.19. The molecule has 1 aromatic carbocycles. The van der Waals surface area contributed by atoms with E-state index in [1.54, 1.807) is 0 Å². The molecule has 4 nitrogen and oxygen atoms in total. The molecule has 14 heavy (non-hydrogen) atoms. The summed E-state index contributed by atoms with van der Waals surface area (Å²) < 4.78 is 4.84. The molecule has 1 heterocycles. The average molecular weight is 192 g/mol. The maximum atomic E-state index is 10.8. The number of hydrogen-bond acceptors (Lipinski definition) is 4. The molecule has 0 bridgehead atoms. The van der Waals surface area contributed by atoms with E-state index >= 15 is 0 Å². The molecule has 74 valence electrons. The van der Waals surface area contributed by atoms with Crippen molar-refractivity contribution in [3.8, 4) is 0 Å². The standard InChI is InChI=1S/C10H12N2O2/c11-8-3-1-2-4-9(8)12-7-5-10(13)14-6-7/h1-4,7,12H,5-6,11H2. The number of carbonyl (C=O) groups is 1. The Hall–Kier alpha value is -1.71. The second-order valence-electron chi connectivity index (χ2n) is 3.32. The Balaban J connectivity index is 2.04. The van der Waals surface area contributed by atoms with Crippen LogP contribution in [-0.2, 0) is 9.53 Å². The van der Waals surface area contributed by atoms with Gasteiger partial charge in [-0.25, -0.2) is 0 Å². The van der Waals surface area contributed by atoms with Crippen LogP contribution in [0, 0.1) is 0 Å². The Bertz CT molecular complexity index is 352. The Morgan fingerprint density at radius 1 is 1.43 bits per heavy atom. The van der Waals surface area contributed by atoms with Gasteiger partial charge in [-0.1, -0.05) is 12.1 Å². The van der Waals surface area contributed by atoms with Crippen LogP contribution in [0.2, 0.25) is 0 Å². The summed E-state index contributed by atoms with van der Waals surface area (Å²) in [6.45, 7) is 0.424. The molecule has 1 unspecified atom stereocenters. The number of benzene rings is 1. The maximum absolute atomic E-state index is 10.8. The van der Waals surface area contributed by atoms with Gasteiger partial charge in [0.2, 0.25) is 0 Å². The fraction of sp³-hybridized carbons (Fsp3) is 0.300. The SMILES string of the molecule is Nc1ccccc1NC1COC(=O)C1. The molecular weight excluding hydrogens is 180 g/mol. The Morgan fingerprint density at radius 3 is 2.86 bits per heavy atom. The minimum Gasteiger partial charge on any atom is -0.463 e. The van der Waals surface area contributed by atoms with E-state index < -0.39 is 0 Å². The van der Waals surface area contributed by atoms with Crippen LogP contribution < -0.4 is 11.1 Å². The number of nitrogen functional groups attached to an aromatic ring is 1. The zero-order valence-electron chi connectivity index (χ0n) is 7.69. The van der Waals surface area contributed by atoms with Crippen molar-refractivity contribution >= 4 is 17.3 Å². The van der Waals surface area contributed by atoms with Crippen LogP contribution in [0.15, 0.2) is 24.3 Å². The molecule has 0 aromatic heterocycles. The van der Waals surface area contributed by atoms with Gasteiger partial charge in [-0.05, 0) is 12.1 Å². The zero-order valence-corrected chi connectivity index (χ0v) is 7.69. The summed E-state index contributed by atoms with van der Waals surface area (Å²) in [5, 5.41) is 3.17. The second kappa shape index (κ2) is 3.57. The first-order valence-corrected chi connectivity index (χ1v) is 4.52. The number of nitrogens with two attached hydrogens (primary N) is 1. The van der Waals surface area contributed by atoms with Crippen LogP contribution in [0.5, 0.6) is 0 Å². The Kier molecular flexibility index (Phi) is 2.26. The minimum atomic E-state index is -0.156. The van der Waals surface area contributed by atoms with Crippen LogP contribution in [0.4, 0.5) is 11.4 Å². The molecule has 0 saturated carbocycles. The molecule has 1 atom stereocenters. The highest BCUT2D eigenvalue weighted by atomic mass is 16.5. The van der Waals surface area contributed by atoms with Gasteiger partial charge in [-0.3, -0.25) is 4.79 Å². The van der Waals surface area contributed by atoms with Gasteiger partial charge in [0, 0.05) is 0 Å². The third-order valence-electron chi connectivity index (χ3n) is 2.18. The highest BCUT2D eigenvalue weighted by Gasteiger charge is 2.23. The Morgan fingerprint density at radius 2 is 2.21 bits per heavy atom. The van der Waals surface area contributed by atoms with Crippen LogP contribution >= 0.6 is 0 Å². The average Bonchev–Trinajstić information content (AvgIpc) is 2.56. The fourth-order valence-corrected chi connectivity index (χ4v) is 1.45. The third-order valence-corrected chi connectivity index (χ3v) is 2.18. The molecule has 0 spiro atoms. The Labute approximate surface area is 82.1 Å². The van der Waals surface area contributed by atoms with Gasteiger partial charge in [-0.2, -0.15) is 0 Å². The molecule has 1 aromatic rings. The summed E-state index contributed by atoms with van der Waals surface area (Å²) >= 11 is 0. The van der Waals surface area contributed by atoms with Crippen LogP contribution in [0.1, 0.15) is 6.42 Å². The largest absolute Gasteiger partial charge is 0.463 e. The van der Waals surface area contributed by atoms with E-state index in [0.29, 0.717) is 18.7 Å². The van der Waals surface area contributed by atoms with Crippen molar-refractivity contribution in [1.82, 2.24) is 0 Å². The summed E-state index contributed by atoms with van der Waals surface area (Å²) in [5.41, 5.74) is 7.29. The molecule has 4 heteroatoms. The van der Waals surface area contributed by atoms with E-state index in [4.69, 9.17) is 10.5 Å². The van der Waals surface area contributed by atoms with Crippen molar-refractivity contribution < 1.29 is 9.53 Å². The number of esters is 1. The monoisotopic (exact) mass is 192 g/mol. The third kappa shape index (κ3) is 1.79. The highest BCUT2D eigenvalue weighted by Crippen LogP contribution is 2.20. The number of ether oxygens (including phenoxy) is 1. The van der Waals surface area contributed by atoms with Gasteiger partial charge >= 0.3 is 5.97 Å². The second-order valence-corrected chi connectivity index (χ2v) is 3.32. The lowest BCUT2D eigenvalue weighted by atomic mass is 10.2. The fourth-order valence-electron chi connectivity index (χ4n) is 1.45. The first-order chi connectivity index (χ1) is 6.75. The van der Waals surface area contributed by atoms with E-state index in [-0.39, 0.29) is 12.0 Å². The number of hydrogen-bond donors (Lipinski definition) is 2. The number of cyclic esters (lactones) is 1. The highest BCUT2D eigenvalue weighted by molar-refractivity contribution is 5.74. The minimum absolute atomic E-state index is 0.0483. The number of nitrogens with one attached hydrogen (secondary N) is 1. The molecule has 3 N–H and O–H groups in total. The normalized spacial score (nSPS) is 20.6. The summed E-state index contributed by atoms with van der Waals surface area (Å²) in [5.74, 6) is -0.156. The van der Waals surface area contributed by atoms with Crippen molar-refractivity contribution in [3.05, 3.63) is 24.3 Å². The smallest absolute Gasteiger partial charge is 0.308 e. The predicted molar refractivity (Wildman–Crippen MR) is 53.8 cm³/mol. The first kappa shape index (κ1) is 8.87. The van der Waals surface area contributed by atoms with Gasteiger partial charge in [-0.15, -0.1) is 0 Å². The van der Waals surface area contributed by atoms with E-state index in [1.807, 2.05) is 24.3 Å². The van der Waals surface area contributed by atoms with E-state index in [2.05, 4.69) is 5.32 Å².